The number of alkyl halides is 3. The van der Waals surface area contributed by atoms with Crippen LogP contribution in [0.15, 0.2) is 18.3 Å². The summed E-state index contributed by atoms with van der Waals surface area (Å²) >= 11 is 0. The van der Waals surface area contributed by atoms with Crippen molar-refractivity contribution in [1.82, 2.24) is 15.2 Å². The maximum Gasteiger partial charge on any atom is 0.422 e. The molecular weight excluding hydrogens is 315 g/mol. The molecule has 1 aliphatic heterocycles. The number of nitrogens with zero attached hydrogens (tertiary/aromatic N) is 2. The Balaban J connectivity index is 1.91. The summed E-state index contributed by atoms with van der Waals surface area (Å²) in [6.45, 7) is 1.87. The van der Waals surface area contributed by atoms with E-state index in [4.69, 9.17) is 4.74 Å². The quantitative estimate of drug-likeness (QED) is 0.915. The molecule has 1 saturated heterocycles. The summed E-state index contributed by atoms with van der Waals surface area (Å²) in [7, 11) is 0. The first-order chi connectivity index (χ1) is 10.8. The Morgan fingerprint density at radius 3 is 3.04 bits per heavy atom. The number of rotatable bonds is 4. The molecule has 0 spiro atoms. The third kappa shape index (κ3) is 5.59. The van der Waals surface area contributed by atoms with E-state index in [9.17, 15) is 18.0 Å². The summed E-state index contributed by atoms with van der Waals surface area (Å²) < 4.78 is 46.7. The number of amides is 2. The lowest BCUT2D eigenvalue weighted by Gasteiger charge is -2.31. The molecule has 2 rings (SSSR count). The van der Waals surface area contributed by atoms with Crippen molar-refractivity contribution in [3.8, 4) is 5.88 Å². The molecule has 9 heteroatoms. The molecule has 2 amide bonds. The third-order valence-corrected chi connectivity index (χ3v) is 3.18. The molecule has 1 unspecified atom stereocenters. The summed E-state index contributed by atoms with van der Waals surface area (Å²) in [6, 6.07) is 2.82. The van der Waals surface area contributed by atoms with E-state index in [0.29, 0.717) is 25.3 Å². The van der Waals surface area contributed by atoms with Gasteiger partial charge in [-0.3, -0.25) is 0 Å². The van der Waals surface area contributed by atoms with Gasteiger partial charge in [0.05, 0.1) is 12.7 Å². The number of morpholine rings is 1. The number of hydrogen-bond acceptors (Lipinski definition) is 4. The molecule has 128 valence electrons. The highest BCUT2D eigenvalue weighted by Crippen LogP contribution is 2.20. The Labute approximate surface area is 131 Å². The Morgan fingerprint density at radius 2 is 2.35 bits per heavy atom. The standard InChI is InChI=1S/C14H18F3N3O3/c1-10-8-20(5-6-22-10)13(21)19-7-11-3-2-4-18-12(11)23-9-14(15,16)17/h2-4,10H,5-9H2,1H3,(H,19,21). The van der Waals surface area contributed by atoms with E-state index in [2.05, 4.69) is 15.0 Å². The molecule has 0 bridgehead atoms. The molecule has 1 aromatic heterocycles. The fourth-order valence-corrected chi connectivity index (χ4v) is 2.12. The first kappa shape index (κ1) is 17.3. The van der Waals surface area contributed by atoms with Gasteiger partial charge in [0, 0.05) is 31.4 Å². The average molecular weight is 333 g/mol. The van der Waals surface area contributed by atoms with E-state index in [0.717, 1.165) is 0 Å². The lowest BCUT2D eigenvalue weighted by atomic mass is 10.2. The van der Waals surface area contributed by atoms with E-state index in [1.807, 2.05) is 6.92 Å². The number of hydrogen-bond donors (Lipinski definition) is 1. The zero-order valence-electron chi connectivity index (χ0n) is 12.6. The largest absolute Gasteiger partial charge is 0.468 e. The zero-order chi connectivity index (χ0) is 16.9. The van der Waals surface area contributed by atoms with E-state index in [1.165, 1.54) is 6.20 Å². The van der Waals surface area contributed by atoms with Crippen molar-refractivity contribution < 1.29 is 27.4 Å². The number of ether oxygens (including phenoxy) is 2. The first-order valence-corrected chi connectivity index (χ1v) is 7.13. The minimum Gasteiger partial charge on any atom is -0.468 e. The fourth-order valence-electron chi connectivity index (χ4n) is 2.12. The minimum absolute atomic E-state index is 0.0333. The van der Waals surface area contributed by atoms with Gasteiger partial charge in [0.2, 0.25) is 5.88 Å². The average Bonchev–Trinajstić information content (AvgIpc) is 2.50. The predicted molar refractivity (Wildman–Crippen MR) is 75.0 cm³/mol. The van der Waals surface area contributed by atoms with Crippen molar-refractivity contribution in [2.24, 2.45) is 0 Å². The van der Waals surface area contributed by atoms with Crippen molar-refractivity contribution in [1.29, 1.82) is 0 Å². The highest BCUT2D eigenvalue weighted by molar-refractivity contribution is 5.74. The number of carbonyl (C=O) groups excluding carboxylic acids is 1. The van der Waals surface area contributed by atoms with Crippen LogP contribution in [0.25, 0.3) is 0 Å². The van der Waals surface area contributed by atoms with Crippen LogP contribution >= 0.6 is 0 Å². The molecule has 6 nitrogen and oxygen atoms in total. The molecule has 1 fully saturated rings. The Bertz CT molecular complexity index is 539. The molecule has 0 aliphatic carbocycles. The van der Waals surface area contributed by atoms with Gasteiger partial charge in [-0.15, -0.1) is 0 Å². The van der Waals surface area contributed by atoms with Gasteiger partial charge in [-0.2, -0.15) is 13.2 Å². The number of pyridine rings is 1. The lowest BCUT2D eigenvalue weighted by molar-refractivity contribution is -0.154. The Hall–Kier alpha value is -2.03. The van der Waals surface area contributed by atoms with Crippen LogP contribution in [0.2, 0.25) is 0 Å². The van der Waals surface area contributed by atoms with Crippen LogP contribution in [-0.4, -0.2) is 54.5 Å². The minimum atomic E-state index is -4.44. The summed E-state index contributed by atoms with van der Waals surface area (Å²) in [6.07, 6.45) is -3.15. The molecular formula is C14H18F3N3O3. The molecule has 1 atom stereocenters. The number of halogens is 3. The second-order valence-electron chi connectivity index (χ2n) is 5.16. The maximum atomic E-state index is 12.2. The molecule has 2 heterocycles. The Morgan fingerprint density at radius 1 is 1.57 bits per heavy atom. The summed E-state index contributed by atoms with van der Waals surface area (Å²) in [5, 5.41) is 2.66. The van der Waals surface area contributed by atoms with Crippen molar-refractivity contribution in [3.63, 3.8) is 0 Å². The highest BCUT2D eigenvalue weighted by atomic mass is 19.4. The first-order valence-electron chi connectivity index (χ1n) is 7.13. The molecule has 0 aromatic carbocycles. The van der Waals surface area contributed by atoms with E-state index in [-0.39, 0.29) is 24.6 Å². The second kappa shape index (κ2) is 7.49. The Kier molecular flexibility index (Phi) is 5.64. The third-order valence-electron chi connectivity index (χ3n) is 3.18. The van der Waals surface area contributed by atoms with Crippen molar-refractivity contribution in [2.45, 2.75) is 25.7 Å². The van der Waals surface area contributed by atoms with Crippen LogP contribution in [0.4, 0.5) is 18.0 Å². The van der Waals surface area contributed by atoms with Crippen molar-refractivity contribution in [2.75, 3.05) is 26.3 Å². The summed E-state index contributed by atoms with van der Waals surface area (Å²) in [5.41, 5.74) is 0.381. The van der Waals surface area contributed by atoms with E-state index >= 15 is 0 Å². The van der Waals surface area contributed by atoms with Crippen LogP contribution in [0, 0.1) is 0 Å². The molecule has 1 N–H and O–H groups in total. The van der Waals surface area contributed by atoms with Crippen LogP contribution in [0.3, 0.4) is 0 Å². The van der Waals surface area contributed by atoms with Gasteiger partial charge in [-0.25, -0.2) is 9.78 Å². The smallest absolute Gasteiger partial charge is 0.422 e. The summed E-state index contributed by atoms with van der Waals surface area (Å²) in [5.74, 6) is -0.138. The number of urea groups is 1. The van der Waals surface area contributed by atoms with E-state index in [1.54, 1.807) is 17.0 Å². The molecule has 1 aliphatic rings. The van der Waals surface area contributed by atoms with Gasteiger partial charge >= 0.3 is 12.2 Å². The topological polar surface area (TPSA) is 63.7 Å². The zero-order valence-corrected chi connectivity index (χ0v) is 12.6. The van der Waals surface area contributed by atoms with Gasteiger partial charge < -0.3 is 19.7 Å². The van der Waals surface area contributed by atoms with Crippen LogP contribution < -0.4 is 10.1 Å². The number of carbonyl (C=O) groups is 1. The SMILES string of the molecule is CC1CN(C(=O)NCc2cccnc2OCC(F)(F)F)CCO1. The number of aromatic nitrogens is 1. The van der Waals surface area contributed by atoms with Gasteiger partial charge in [0.1, 0.15) is 0 Å². The second-order valence-corrected chi connectivity index (χ2v) is 5.16. The molecule has 1 aromatic rings. The van der Waals surface area contributed by atoms with Gasteiger partial charge in [-0.05, 0) is 13.0 Å². The lowest BCUT2D eigenvalue weighted by Crippen LogP contribution is -2.48. The van der Waals surface area contributed by atoms with Crippen LogP contribution in [-0.2, 0) is 11.3 Å². The molecule has 0 radical (unpaired) electrons. The van der Waals surface area contributed by atoms with Crippen molar-refractivity contribution >= 4 is 6.03 Å². The molecule has 23 heavy (non-hydrogen) atoms. The molecule has 0 saturated carbocycles. The van der Waals surface area contributed by atoms with Gasteiger partial charge in [-0.1, -0.05) is 6.07 Å². The fraction of sp³-hybridized carbons (Fsp3) is 0.571. The number of nitrogens with one attached hydrogen (secondary N) is 1. The maximum absolute atomic E-state index is 12.2. The summed E-state index contributed by atoms with van der Waals surface area (Å²) in [4.78, 5) is 17.4. The van der Waals surface area contributed by atoms with Gasteiger partial charge in [0.25, 0.3) is 0 Å². The van der Waals surface area contributed by atoms with Gasteiger partial charge in [0.15, 0.2) is 6.61 Å². The van der Waals surface area contributed by atoms with Crippen LogP contribution in [0.5, 0.6) is 5.88 Å². The monoisotopic (exact) mass is 333 g/mol. The predicted octanol–water partition coefficient (Wildman–Crippen LogP) is 1.95. The normalized spacial score (nSPS) is 18.6. The highest BCUT2D eigenvalue weighted by Gasteiger charge is 2.29. The van der Waals surface area contributed by atoms with Crippen molar-refractivity contribution in [3.05, 3.63) is 23.9 Å². The van der Waals surface area contributed by atoms with E-state index < -0.39 is 12.8 Å². The van der Waals surface area contributed by atoms with Crippen LogP contribution in [0.1, 0.15) is 12.5 Å².